The molecule has 0 fully saturated rings. The van der Waals surface area contributed by atoms with E-state index in [9.17, 15) is 9.59 Å². The molecule has 0 rings (SSSR count). The van der Waals surface area contributed by atoms with Gasteiger partial charge >= 0.3 is 5.97 Å². The monoisotopic (exact) mass is 301 g/mol. The van der Waals surface area contributed by atoms with Crippen molar-refractivity contribution in [2.45, 2.75) is 44.6 Å². The smallest absolute Gasteiger partial charge is 0.326 e. The van der Waals surface area contributed by atoms with Gasteiger partial charge < -0.3 is 19.9 Å². The van der Waals surface area contributed by atoms with Crippen molar-refractivity contribution in [1.29, 1.82) is 0 Å². The summed E-state index contributed by atoms with van der Waals surface area (Å²) in [6.07, 6.45) is 7.15. The van der Waals surface area contributed by atoms with Crippen molar-refractivity contribution < 1.29 is 24.2 Å². The number of carboxylic acids is 1. The molecular weight excluding hydrogens is 274 g/mol. The number of unbranched alkanes of at least 4 members (excludes halogenated alkanes) is 4. The molecule has 0 radical (unpaired) electrons. The number of amides is 1. The fourth-order valence-electron chi connectivity index (χ4n) is 1.79. The fourth-order valence-corrected chi connectivity index (χ4v) is 1.79. The number of methoxy groups -OCH3 is 1. The van der Waals surface area contributed by atoms with Gasteiger partial charge in [0.2, 0.25) is 5.91 Å². The molecule has 21 heavy (non-hydrogen) atoms. The molecule has 0 aromatic heterocycles. The van der Waals surface area contributed by atoms with Crippen LogP contribution < -0.4 is 5.32 Å². The lowest BCUT2D eigenvalue weighted by atomic mass is 10.1. The van der Waals surface area contributed by atoms with E-state index in [1.54, 1.807) is 7.11 Å². The van der Waals surface area contributed by atoms with Crippen LogP contribution in [0.15, 0.2) is 12.7 Å². The number of ether oxygens (including phenoxy) is 2. The molecule has 0 bridgehead atoms. The quantitative estimate of drug-likeness (QED) is 0.377. The van der Waals surface area contributed by atoms with Crippen molar-refractivity contribution in [2.24, 2.45) is 0 Å². The van der Waals surface area contributed by atoms with Crippen LogP contribution in [0.1, 0.15) is 38.5 Å². The van der Waals surface area contributed by atoms with Gasteiger partial charge in [-0.05, 0) is 19.3 Å². The molecule has 0 aromatic carbocycles. The van der Waals surface area contributed by atoms with E-state index in [2.05, 4.69) is 11.9 Å². The van der Waals surface area contributed by atoms with Gasteiger partial charge in [0.15, 0.2) is 0 Å². The van der Waals surface area contributed by atoms with Gasteiger partial charge in [0.1, 0.15) is 12.6 Å². The Hall–Kier alpha value is -1.40. The Morgan fingerprint density at radius 1 is 1.24 bits per heavy atom. The van der Waals surface area contributed by atoms with Crippen LogP contribution in [0, 0.1) is 0 Å². The van der Waals surface area contributed by atoms with Crippen molar-refractivity contribution in [3.8, 4) is 0 Å². The minimum Gasteiger partial charge on any atom is -0.480 e. The van der Waals surface area contributed by atoms with Crippen LogP contribution in [-0.2, 0) is 19.1 Å². The van der Waals surface area contributed by atoms with E-state index in [-0.39, 0.29) is 6.61 Å². The van der Waals surface area contributed by atoms with Crippen LogP contribution in [-0.4, -0.2) is 50.0 Å². The number of nitrogens with one attached hydrogen (secondary N) is 1. The van der Waals surface area contributed by atoms with Gasteiger partial charge in [-0.3, -0.25) is 4.79 Å². The maximum absolute atomic E-state index is 11.5. The van der Waals surface area contributed by atoms with Crippen LogP contribution in [0.5, 0.6) is 0 Å². The maximum Gasteiger partial charge on any atom is 0.326 e. The Bertz CT molecular complexity index is 306. The predicted molar refractivity (Wildman–Crippen MR) is 80.2 cm³/mol. The van der Waals surface area contributed by atoms with Crippen molar-refractivity contribution in [2.75, 3.05) is 26.9 Å². The number of carboxylic acid groups (broad SMARTS) is 1. The van der Waals surface area contributed by atoms with Crippen molar-refractivity contribution in [3.05, 3.63) is 12.7 Å². The zero-order chi connectivity index (χ0) is 15.9. The Kier molecular flexibility index (Phi) is 12.7. The minimum atomic E-state index is -1.01. The van der Waals surface area contributed by atoms with Gasteiger partial charge in [0, 0.05) is 7.11 Å². The molecule has 1 amide bonds. The van der Waals surface area contributed by atoms with Gasteiger partial charge in [-0.15, -0.1) is 6.58 Å². The summed E-state index contributed by atoms with van der Waals surface area (Å²) in [5.74, 6) is -1.42. The summed E-state index contributed by atoms with van der Waals surface area (Å²) < 4.78 is 9.83. The third kappa shape index (κ3) is 12.1. The van der Waals surface area contributed by atoms with E-state index < -0.39 is 17.9 Å². The van der Waals surface area contributed by atoms with Crippen molar-refractivity contribution >= 4 is 11.9 Å². The molecule has 0 saturated heterocycles. The zero-order valence-electron chi connectivity index (χ0n) is 12.8. The van der Waals surface area contributed by atoms with E-state index in [1.807, 2.05) is 6.08 Å². The third-order valence-corrected chi connectivity index (χ3v) is 2.95. The summed E-state index contributed by atoms with van der Waals surface area (Å²) in [6, 6.07) is -0.845. The molecule has 6 heteroatoms. The Balaban J connectivity index is 3.82. The standard InChI is InChI=1S/C15H27NO5/c1-3-4-5-6-7-8-9-13(15(18)19)16-14(17)12-21-11-10-20-2/h3,13H,1,4-12H2,2H3,(H,16,17)(H,18,19)/t13-/m0/s1. The molecular formula is C15H27NO5. The van der Waals surface area contributed by atoms with Gasteiger partial charge in [0.25, 0.3) is 0 Å². The fraction of sp³-hybridized carbons (Fsp3) is 0.733. The average Bonchev–Trinajstić information content (AvgIpc) is 2.45. The first kappa shape index (κ1) is 19.6. The summed E-state index contributed by atoms with van der Waals surface area (Å²) in [5, 5.41) is 11.6. The first-order chi connectivity index (χ1) is 10.1. The molecule has 0 aromatic rings. The minimum absolute atomic E-state index is 0.146. The molecule has 1 atom stereocenters. The Morgan fingerprint density at radius 3 is 2.57 bits per heavy atom. The highest BCUT2D eigenvalue weighted by atomic mass is 16.5. The number of allylic oxidation sites excluding steroid dienone is 1. The lowest BCUT2D eigenvalue weighted by Gasteiger charge is -2.14. The highest BCUT2D eigenvalue weighted by Gasteiger charge is 2.19. The van der Waals surface area contributed by atoms with Crippen LogP contribution in [0.3, 0.4) is 0 Å². The highest BCUT2D eigenvalue weighted by molar-refractivity contribution is 5.84. The molecule has 0 aliphatic heterocycles. The number of carbonyl (C=O) groups is 2. The van der Waals surface area contributed by atoms with Gasteiger partial charge in [0.05, 0.1) is 13.2 Å². The molecule has 6 nitrogen and oxygen atoms in total. The predicted octanol–water partition coefficient (Wildman–Crippen LogP) is 1.75. The summed E-state index contributed by atoms with van der Waals surface area (Å²) in [4.78, 5) is 22.6. The molecule has 0 heterocycles. The third-order valence-electron chi connectivity index (χ3n) is 2.95. The number of hydrogen-bond donors (Lipinski definition) is 2. The molecule has 2 N–H and O–H groups in total. The normalized spacial score (nSPS) is 11.9. The van der Waals surface area contributed by atoms with Gasteiger partial charge in [-0.25, -0.2) is 4.79 Å². The van der Waals surface area contributed by atoms with Crippen LogP contribution in [0.4, 0.5) is 0 Å². The second-order valence-electron chi connectivity index (χ2n) is 4.78. The van der Waals surface area contributed by atoms with E-state index in [0.717, 1.165) is 32.1 Å². The summed E-state index contributed by atoms with van der Waals surface area (Å²) >= 11 is 0. The number of carbonyl (C=O) groups excluding carboxylic acids is 1. The molecule has 0 saturated carbocycles. The van der Waals surface area contributed by atoms with Crippen LogP contribution in [0.25, 0.3) is 0 Å². The first-order valence-corrected chi connectivity index (χ1v) is 7.31. The summed E-state index contributed by atoms with van der Waals surface area (Å²) in [6.45, 7) is 4.22. The molecule has 0 aliphatic rings. The maximum atomic E-state index is 11.5. The second kappa shape index (κ2) is 13.6. The van der Waals surface area contributed by atoms with E-state index in [1.165, 1.54) is 0 Å². The van der Waals surface area contributed by atoms with Crippen LogP contribution in [0.2, 0.25) is 0 Å². The van der Waals surface area contributed by atoms with Crippen molar-refractivity contribution in [1.82, 2.24) is 5.32 Å². The average molecular weight is 301 g/mol. The lowest BCUT2D eigenvalue weighted by Crippen LogP contribution is -2.42. The number of rotatable bonds is 14. The summed E-state index contributed by atoms with van der Waals surface area (Å²) in [7, 11) is 1.54. The summed E-state index contributed by atoms with van der Waals surface area (Å²) in [5.41, 5.74) is 0. The van der Waals surface area contributed by atoms with E-state index in [0.29, 0.717) is 19.6 Å². The van der Waals surface area contributed by atoms with E-state index in [4.69, 9.17) is 14.6 Å². The lowest BCUT2D eigenvalue weighted by molar-refractivity contribution is -0.142. The first-order valence-electron chi connectivity index (χ1n) is 7.31. The largest absolute Gasteiger partial charge is 0.480 e. The highest BCUT2D eigenvalue weighted by Crippen LogP contribution is 2.08. The molecule has 122 valence electrons. The molecule has 0 unspecified atom stereocenters. The Morgan fingerprint density at radius 2 is 1.95 bits per heavy atom. The zero-order valence-corrected chi connectivity index (χ0v) is 12.8. The molecule has 0 spiro atoms. The van der Waals surface area contributed by atoms with E-state index >= 15 is 0 Å². The number of aliphatic carboxylic acids is 1. The SMILES string of the molecule is C=CCCCCCC[C@H](NC(=O)COCCOC)C(=O)O. The van der Waals surface area contributed by atoms with Crippen molar-refractivity contribution in [3.63, 3.8) is 0 Å². The topological polar surface area (TPSA) is 84.9 Å². The Labute approximate surface area is 126 Å². The van der Waals surface area contributed by atoms with Gasteiger partial charge in [-0.1, -0.05) is 25.3 Å². The number of hydrogen-bond acceptors (Lipinski definition) is 4. The second-order valence-corrected chi connectivity index (χ2v) is 4.78. The van der Waals surface area contributed by atoms with Crippen LogP contribution >= 0.6 is 0 Å². The van der Waals surface area contributed by atoms with Gasteiger partial charge in [-0.2, -0.15) is 0 Å². The molecule has 0 aliphatic carbocycles.